The summed E-state index contributed by atoms with van der Waals surface area (Å²) in [6.45, 7) is 2.98. The van der Waals surface area contributed by atoms with Crippen LogP contribution in [0.4, 0.5) is 4.39 Å². The zero-order valence-corrected chi connectivity index (χ0v) is 16.9. The number of rotatable bonds is 6. The van der Waals surface area contributed by atoms with Crippen LogP contribution in [-0.2, 0) is 11.3 Å². The van der Waals surface area contributed by atoms with E-state index in [1.165, 1.54) is 23.5 Å². The first kappa shape index (κ1) is 19.0. The lowest BCUT2D eigenvalue weighted by atomic mass is 10.3. The van der Waals surface area contributed by atoms with E-state index in [4.69, 9.17) is 9.47 Å². The lowest BCUT2D eigenvalue weighted by Crippen LogP contribution is -2.15. The highest BCUT2D eigenvalue weighted by atomic mass is 32.2. The smallest absolute Gasteiger partial charge is 0.248 e. The maximum absolute atomic E-state index is 12.9. The zero-order valence-electron chi connectivity index (χ0n) is 15.3. The molecule has 4 rings (SSSR count). The number of thiazole rings is 1. The van der Waals surface area contributed by atoms with Crippen molar-refractivity contribution in [2.24, 2.45) is 4.99 Å². The number of amides is 1. The van der Waals surface area contributed by atoms with E-state index in [9.17, 15) is 9.18 Å². The predicted octanol–water partition coefficient (Wildman–Crippen LogP) is 4.59. The number of benzene rings is 2. The van der Waals surface area contributed by atoms with Crippen LogP contribution in [0.15, 0.2) is 46.3 Å². The third kappa shape index (κ3) is 4.07. The predicted molar refractivity (Wildman–Crippen MR) is 109 cm³/mol. The first-order chi connectivity index (χ1) is 13.6. The fraction of sp³-hybridized carbons (Fsp3) is 0.300. The molecule has 0 spiro atoms. The van der Waals surface area contributed by atoms with Crippen molar-refractivity contribution in [2.75, 3.05) is 12.5 Å². The molecule has 2 aromatic carbocycles. The molecule has 0 fully saturated rings. The average Bonchev–Trinajstić information content (AvgIpc) is 3.27. The van der Waals surface area contributed by atoms with Gasteiger partial charge in [-0.3, -0.25) is 4.79 Å². The molecule has 1 aliphatic heterocycles. The molecule has 0 N–H and O–H groups in total. The summed E-state index contributed by atoms with van der Waals surface area (Å²) >= 11 is 3.09. The first-order valence-corrected chi connectivity index (χ1v) is 10.8. The fourth-order valence-electron chi connectivity index (χ4n) is 2.96. The maximum atomic E-state index is 12.9. The Morgan fingerprint density at radius 2 is 2.00 bits per heavy atom. The summed E-state index contributed by atoms with van der Waals surface area (Å²) in [7, 11) is 0. The van der Waals surface area contributed by atoms with E-state index in [0.29, 0.717) is 17.8 Å². The minimum atomic E-state index is -0.241. The van der Waals surface area contributed by atoms with Crippen molar-refractivity contribution < 1.29 is 18.7 Å². The second-order valence-electron chi connectivity index (χ2n) is 6.21. The number of hydrogen-bond donors (Lipinski definition) is 0. The second-order valence-corrected chi connectivity index (χ2v) is 8.39. The minimum absolute atomic E-state index is 0.131. The van der Waals surface area contributed by atoms with Crippen molar-refractivity contribution in [3.63, 3.8) is 0 Å². The number of ether oxygens (including phenoxy) is 2. The second kappa shape index (κ2) is 8.36. The van der Waals surface area contributed by atoms with E-state index in [-0.39, 0.29) is 18.5 Å². The van der Waals surface area contributed by atoms with E-state index >= 15 is 0 Å². The molecule has 3 aromatic rings. The van der Waals surface area contributed by atoms with Crippen LogP contribution in [0.25, 0.3) is 10.2 Å². The van der Waals surface area contributed by atoms with Gasteiger partial charge in [-0.2, -0.15) is 4.99 Å². The normalized spacial score (nSPS) is 13.4. The number of aromatic nitrogens is 1. The van der Waals surface area contributed by atoms with Gasteiger partial charge >= 0.3 is 0 Å². The molecule has 0 aliphatic carbocycles. The van der Waals surface area contributed by atoms with Gasteiger partial charge in [0.25, 0.3) is 0 Å². The molecular formula is C20H19FN2O3S2. The van der Waals surface area contributed by atoms with Gasteiger partial charge in [0.2, 0.25) is 12.7 Å². The molecule has 0 atom stereocenters. The molecule has 1 amide bonds. The molecular weight excluding hydrogens is 399 g/mol. The van der Waals surface area contributed by atoms with Gasteiger partial charge in [-0.15, -0.1) is 11.8 Å². The highest BCUT2D eigenvalue weighted by molar-refractivity contribution is 7.99. The summed E-state index contributed by atoms with van der Waals surface area (Å²) < 4.78 is 26.8. The van der Waals surface area contributed by atoms with Gasteiger partial charge in [0, 0.05) is 30.0 Å². The van der Waals surface area contributed by atoms with Crippen LogP contribution in [0.1, 0.15) is 19.8 Å². The highest BCUT2D eigenvalue weighted by Gasteiger charge is 2.17. The molecule has 146 valence electrons. The zero-order chi connectivity index (χ0) is 19.5. The fourth-order valence-corrected chi connectivity index (χ4v) is 4.93. The van der Waals surface area contributed by atoms with Gasteiger partial charge in [0.1, 0.15) is 5.82 Å². The van der Waals surface area contributed by atoms with Crippen molar-refractivity contribution in [3.8, 4) is 11.5 Å². The van der Waals surface area contributed by atoms with Crippen LogP contribution in [0.3, 0.4) is 0 Å². The van der Waals surface area contributed by atoms with Crippen LogP contribution in [-0.4, -0.2) is 23.0 Å². The molecule has 28 heavy (non-hydrogen) atoms. The Kier molecular flexibility index (Phi) is 5.68. The topological polar surface area (TPSA) is 52.8 Å². The molecule has 0 bridgehead atoms. The monoisotopic (exact) mass is 418 g/mol. The van der Waals surface area contributed by atoms with E-state index in [2.05, 4.69) is 4.99 Å². The standard InChI is InChI=1S/C20H19FN2O3S2/c1-2-23-15-10-16-17(26-12-25-16)11-18(15)28-20(23)22-19(24)4-3-9-27-14-7-5-13(21)6-8-14/h5-8,10-11H,2-4,9,12H2,1H3. The number of carbonyl (C=O) groups is 1. The van der Waals surface area contributed by atoms with E-state index in [1.54, 1.807) is 23.9 Å². The van der Waals surface area contributed by atoms with Gasteiger partial charge in [0.05, 0.1) is 10.2 Å². The molecule has 0 saturated heterocycles. The van der Waals surface area contributed by atoms with E-state index < -0.39 is 0 Å². The number of nitrogens with zero attached hydrogens (tertiary/aromatic N) is 2. The number of aryl methyl sites for hydroxylation is 1. The van der Waals surface area contributed by atoms with Gasteiger partial charge in [0.15, 0.2) is 16.3 Å². The van der Waals surface area contributed by atoms with Crippen LogP contribution >= 0.6 is 23.1 Å². The van der Waals surface area contributed by atoms with Crippen LogP contribution in [0, 0.1) is 5.82 Å². The van der Waals surface area contributed by atoms with Crippen molar-refractivity contribution in [1.29, 1.82) is 0 Å². The SMILES string of the molecule is CCn1c(=NC(=O)CCCSc2ccc(F)cc2)sc2cc3c(cc21)OCO3. The van der Waals surface area contributed by atoms with Crippen molar-refractivity contribution in [1.82, 2.24) is 4.57 Å². The van der Waals surface area contributed by atoms with Crippen molar-refractivity contribution >= 4 is 39.2 Å². The van der Waals surface area contributed by atoms with Crippen LogP contribution in [0.5, 0.6) is 11.5 Å². The Labute approximate surface area is 169 Å². The summed E-state index contributed by atoms with van der Waals surface area (Å²) in [5, 5.41) is 0. The lowest BCUT2D eigenvalue weighted by molar-refractivity contribution is -0.118. The molecule has 0 unspecified atom stereocenters. The number of fused-ring (bicyclic) bond motifs is 2. The molecule has 5 nitrogen and oxygen atoms in total. The van der Waals surface area contributed by atoms with Gasteiger partial charge in [-0.1, -0.05) is 11.3 Å². The number of hydrogen-bond acceptors (Lipinski definition) is 5. The summed E-state index contributed by atoms with van der Waals surface area (Å²) in [6.07, 6.45) is 1.10. The van der Waals surface area contributed by atoms with Crippen molar-refractivity contribution in [2.45, 2.75) is 31.2 Å². The summed E-state index contributed by atoms with van der Waals surface area (Å²) in [5.41, 5.74) is 0.996. The van der Waals surface area contributed by atoms with Crippen LogP contribution in [0.2, 0.25) is 0 Å². The summed E-state index contributed by atoms with van der Waals surface area (Å²) in [5.74, 6) is 1.87. The largest absolute Gasteiger partial charge is 0.454 e. The summed E-state index contributed by atoms with van der Waals surface area (Å²) in [6, 6.07) is 10.3. The third-order valence-electron chi connectivity index (χ3n) is 4.33. The lowest BCUT2D eigenvalue weighted by Gasteiger charge is -2.02. The number of halogens is 1. The van der Waals surface area contributed by atoms with E-state index in [0.717, 1.165) is 38.8 Å². The van der Waals surface area contributed by atoms with Crippen molar-refractivity contribution in [3.05, 3.63) is 47.0 Å². The first-order valence-electron chi connectivity index (χ1n) is 9.03. The Hall–Kier alpha value is -2.32. The van der Waals surface area contributed by atoms with Gasteiger partial charge in [-0.25, -0.2) is 4.39 Å². The van der Waals surface area contributed by atoms with Gasteiger partial charge in [-0.05, 0) is 43.4 Å². The Bertz CT molecular complexity index is 1070. The molecule has 1 aliphatic rings. The number of carbonyl (C=O) groups excluding carboxylic acids is 1. The molecule has 0 saturated carbocycles. The third-order valence-corrected chi connectivity index (χ3v) is 6.47. The minimum Gasteiger partial charge on any atom is -0.454 e. The van der Waals surface area contributed by atoms with Gasteiger partial charge < -0.3 is 14.0 Å². The Morgan fingerprint density at radius 3 is 2.75 bits per heavy atom. The number of thioether (sulfide) groups is 1. The molecule has 8 heteroatoms. The Balaban J connectivity index is 1.43. The summed E-state index contributed by atoms with van der Waals surface area (Å²) in [4.78, 5) is 18.4. The van der Waals surface area contributed by atoms with E-state index in [1.807, 2.05) is 23.6 Å². The average molecular weight is 419 g/mol. The maximum Gasteiger partial charge on any atom is 0.248 e. The Morgan fingerprint density at radius 1 is 1.25 bits per heavy atom. The molecule has 1 aromatic heterocycles. The van der Waals surface area contributed by atoms with Crippen LogP contribution < -0.4 is 14.3 Å². The molecule has 0 radical (unpaired) electrons. The quantitative estimate of drug-likeness (QED) is 0.434. The molecule has 2 heterocycles. The highest BCUT2D eigenvalue weighted by Crippen LogP contribution is 2.36.